The molecule has 2 heterocycles. The van der Waals surface area contributed by atoms with E-state index in [0.717, 1.165) is 27.6 Å². The SMILES string of the molecule is CCC(C)(N)c1ncc(-c2cnoc2C)s1. The second kappa shape index (κ2) is 3.99. The molecule has 0 radical (unpaired) electrons. The summed E-state index contributed by atoms with van der Waals surface area (Å²) < 4.78 is 5.04. The van der Waals surface area contributed by atoms with Crippen molar-refractivity contribution in [3.8, 4) is 10.4 Å². The first-order chi connectivity index (χ1) is 7.54. The number of aromatic nitrogens is 2. The fraction of sp³-hybridized carbons (Fsp3) is 0.455. The molecule has 0 aliphatic rings. The van der Waals surface area contributed by atoms with Gasteiger partial charge in [-0.05, 0) is 20.3 Å². The third-order valence-corrected chi connectivity index (χ3v) is 4.06. The molecule has 0 saturated heterocycles. The van der Waals surface area contributed by atoms with Crippen molar-refractivity contribution in [2.75, 3.05) is 0 Å². The fourth-order valence-electron chi connectivity index (χ4n) is 1.35. The molecule has 0 aromatic carbocycles. The summed E-state index contributed by atoms with van der Waals surface area (Å²) in [5.41, 5.74) is 6.79. The quantitative estimate of drug-likeness (QED) is 0.891. The van der Waals surface area contributed by atoms with E-state index in [4.69, 9.17) is 10.3 Å². The van der Waals surface area contributed by atoms with Crippen LogP contribution in [0.1, 0.15) is 31.0 Å². The van der Waals surface area contributed by atoms with Crippen molar-refractivity contribution in [1.29, 1.82) is 0 Å². The zero-order valence-corrected chi connectivity index (χ0v) is 10.5. The van der Waals surface area contributed by atoms with Gasteiger partial charge in [0.15, 0.2) is 0 Å². The van der Waals surface area contributed by atoms with Crippen molar-refractivity contribution < 1.29 is 4.52 Å². The Morgan fingerprint density at radius 2 is 2.25 bits per heavy atom. The van der Waals surface area contributed by atoms with Gasteiger partial charge < -0.3 is 10.3 Å². The molecule has 0 amide bonds. The zero-order chi connectivity index (χ0) is 11.8. The smallest absolute Gasteiger partial charge is 0.142 e. The molecule has 16 heavy (non-hydrogen) atoms. The summed E-state index contributed by atoms with van der Waals surface area (Å²) in [6, 6.07) is 0. The van der Waals surface area contributed by atoms with E-state index in [1.54, 1.807) is 17.5 Å². The van der Waals surface area contributed by atoms with Crippen LogP contribution in [0.15, 0.2) is 16.9 Å². The first-order valence-corrected chi connectivity index (χ1v) is 6.03. The highest BCUT2D eigenvalue weighted by Gasteiger charge is 2.23. The largest absolute Gasteiger partial charge is 0.361 e. The van der Waals surface area contributed by atoms with E-state index in [0.29, 0.717) is 0 Å². The molecule has 2 aromatic rings. The van der Waals surface area contributed by atoms with Crippen molar-refractivity contribution in [1.82, 2.24) is 10.1 Å². The number of thiazole rings is 1. The lowest BCUT2D eigenvalue weighted by atomic mass is 10.0. The lowest BCUT2D eigenvalue weighted by Crippen LogP contribution is -2.31. The van der Waals surface area contributed by atoms with Gasteiger partial charge in [0.25, 0.3) is 0 Å². The summed E-state index contributed by atoms with van der Waals surface area (Å²) in [7, 11) is 0. The van der Waals surface area contributed by atoms with Crippen molar-refractivity contribution >= 4 is 11.3 Å². The van der Waals surface area contributed by atoms with Crippen LogP contribution in [-0.2, 0) is 5.54 Å². The monoisotopic (exact) mass is 237 g/mol. The zero-order valence-electron chi connectivity index (χ0n) is 9.65. The minimum absolute atomic E-state index is 0.353. The van der Waals surface area contributed by atoms with Gasteiger partial charge in [-0.25, -0.2) is 4.98 Å². The van der Waals surface area contributed by atoms with E-state index >= 15 is 0 Å². The van der Waals surface area contributed by atoms with Crippen LogP contribution in [0, 0.1) is 6.92 Å². The van der Waals surface area contributed by atoms with Gasteiger partial charge in [0.1, 0.15) is 10.8 Å². The lowest BCUT2D eigenvalue weighted by molar-refractivity contribution is 0.398. The Bertz CT molecular complexity index is 487. The van der Waals surface area contributed by atoms with Crippen molar-refractivity contribution in [2.24, 2.45) is 5.73 Å². The molecule has 4 nitrogen and oxygen atoms in total. The molecule has 2 aromatic heterocycles. The Balaban J connectivity index is 2.37. The molecule has 0 spiro atoms. The van der Waals surface area contributed by atoms with Crippen LogP contribution in [0.4, 0.5) is 0 Å². The van der Waals surface area contributed by atoms with Gasteiger partial charge in [-0.15, -0.1) is 11.3 Å². The second-order valence-electron chi connectivity index (χ2n) is 4.10. The molecule has 0 saturated carbocycles. The number of hydrogen-bond donors (Lipinski definition) is 1. The standard InChI is InChI=1S/C11H15N3OS/c1-4-11(3,12)10-13-6-9(16-10)8-5-14-15-7(8)2/h5-6H,4,12H2,1-3H3. The summed E-state index contributed by atoms with van der Waals surface area (Å²) in [5.74, 6) is 0.811. The minimum Gasteiger partial charge on any atom is -0.361 e. The van der Waals surface area contributed by atoms with Gasteiger partial charge in [0.2, 0.25) is 0 Å². The summed E-state index contributed by atoms with van der Waals surface area (Å²) >= 11 is 1.60. The van der Waals surface area contributed by atoms with Gasteiger partial charge >= 0.3 is 0 Å². The maximum absolute atomic E-state index is 6.15. The highest BCUT2D eigenvalue weighted by atomic mass is 32.1. The molecule has 1 atom stereocenters. The minimum atomic E-state index is -0.353. The molecule has 86 valence electrons. The third-order valence-electron chi connectivity index (χ3n) is 2.74. The van der Waals surface area contributed by atoms with E-state index in [1.165, 1.54) is 0 Å². The molecule has 0 aliphatic carbocycles. The van der Waals surface area contributed by atoms with Gasteiger partial charge in [-0.1, -0.05) is 12.1 Å². The molecule has 2 N–H and O–H groups in total. The van der Waals surface area contributed by atoms with E-state index < -0.39 is 0 Å². The molecule has 0 fully saturated rings. The van der Waals surface area contributed by atoms with Gasteiger partial charge in [0, 0.05) is 6.20 Å². The molecule has 5 heteroatoms. The Kier molecular flexibility index (Phi) is 2.82. The number of nitrogens with zero attached hydrogens (tertiary/aromatic N) is 2. The number of hydrogen-bond acceptors (Lipinski definition) is 5. The Morgan fingerprint density at radius 3 is 2.81 bits per heavy atom. The van der Waals surface area contributed by atoms with Gasteiger partial charge in [0.05, 0.1) is 22.2 Å². The summed E-state index contributed by atoms with van der Waals surface area (Å²) in [6.07, 6.45) is 4.41. The third kappa shape index (κ3) is 1.88. The van der Waals surface area contributed by atoms with E-state index in [9.17, 15) is 0 Å². The van der Waals surface area contributed by atoms with E-state index in [2.05, 4.69) is 17.1 Å². The van der Waals surface area contributed by atoms with Crippen molar-refractivity contribution in [2.45, 2.75) is 32.7 Å². The summed E-state index contributed by atoms with van der Waals surface area (Å²) in [6.45, 7) is 5.95. The van der Waals surface area contributed by atoms with Crippen LogP contribution in [-0.4, -0.2) is 10.1 Å². The molecule has 0 aliphatic heterocycles. The number of rotatable bonds is 3. The first-order valence-electron chi connectivity index (χ1n) is 5.21. The molecular formula is C11H15N3OS. The Morgan fingerprint density at radius 1 is 1.50 bits per heavy atom. The predicted molar refractivity (Wildman–Crippen MR) is 64.2 cm³/mol. The molecule has 2 rings (SSSR count). The van der Waals surface area contributed by atoms with E-state index in [1.807, 2.05) is 20.0 Å². The van der Waals surface area contributed by atoms with Crippen LogP contribution < -0.4 is 5.73 Å². The molecule has 1 unspecified atom stereocenters. The second-order valence-corrected chi connectivity index (χ2v) is 5.13. The van der Waals surface area contributed by atoms with Gasteiger partial charge in [-0.3, -0.25) is 0 Å². The summed E-state index contributed by atoms with van der Waals surface area (Å²) in [5, 5.41) is 4.71. The van der Waals surface area contributed by atoms with Crippen LogP contribution in [0.25, 0.3) is 10.4 Å². The van der Waals surface area contributed by atoms with Crippen LogP contribution in [0.5, 0.6) is 0 Å². The maximum Gasteiger partial charge on any atom is 0.142 e. The lowest BCUT2D eigenvalue weighted by Gasteiger charge is -2.18. The van der Waals surface area contributed by atoms with Crippen molar-refractivity contribution in [3.63, 3.8) is 0 Å². The average molecular weight is 237 g/mol. The number of nitrogens with two attached hydrogens (primary N) is 1. The van der Waals surface area contributed by atoms with Gasteiger partial charge in [-0.2, -0.15) is 0 Å². The predicted octanol–water partition coefficient (Wildman–Crippen LogP) is 2.69. The average Bonchev–Trinajstić information content (AvgIpc) is 2.85. The topological polar surface area (TPSA) is 64.9 Å². The first kappa shape index (κ1) is 11.3. The summed E-state index contributed by atoms with van der Waals surface area (Å²) in [4.78, 5) is 5.43. The highest BCUT2D eigenvalue weighted by molar-refractivity contribution is 7.15. The fourth-order valence-corrected chi connectivity index (χ4v) is 2.45. The molecule has 0 bridgehead atoms. The van der Waals surface area contributed by atoms with E-state index in [-0.39, 0.29) is 5.54 Å². The van der Waals surface area contributed by atoms with Crippen LogP contribution in [0.2, 0.25) is 0 Å². The highest BCUT2D eigenvalue weighted by Crippen LogP contribution is 2.33. The van der Waals surface area contributed by atoms with Crippen LogP contribution in [0.3, 0.4) is 0 Å². The Labute approximate surface area is 98.5 Å². The van der Waals surface area contributed by atoms with Crippen molar-refractivity contribution in [3.05, 3.63) is 23.2 Å². The molecular weight excluding hydrogens is 222 g/mol. The number of aryl methyl sites for hydroxylation is 1. The maximum atomic E-state index is 6.15. The Hall–Kier alpha value is -1.20. The normalized spacial score (nSPS) is 15.0. The van der Waals surface area contributed by atoms with Crippen LogP contribution >= 0.6 is 11.3 Å².